The van der Waals surface area contributed by atoms with Gasteiger partial charge in [0.15, 0.2) is 11.0 Å². The third-order valence-electron chi connectivity index (χ3n) is 4.73. The topological polar surface area (TPSA) is 57.3 Å². The molecule has 27 heavy (non-hydrogen) atoms. The van der Waals surface area contributed by atoms with Crippen molar-refractivity contribution in [2.75, 3.05) is 38.6 Å². The first-order valence-corrected chi connectivity index (χ1v) is 10.3. The molecule has 0 amide bonds. The van der Waals surface area contributed by atoms with Gasteiger partial charge < -0.3 is 9.64 Å². The van der Waals surface area contributed by atoms with Gasteiger partial charge in [0.05, 0.1) is 25.5 Å². The summed E-state index contributed by atoms with van der Waals surface area (Å²) in [7, 11) is 0. The number of quaternary nitrogens is 1. The Bertz CT molecular complexity index is 860. The summed E-state index contributed by atoms with van der Waals surface area (Å²) in [6.45, 7) is 7.11. The molecule has 2 aromatic heterocycles. The van der Waals surface area contributed by atoms with E-state index < -0.39 is 0 Å². The van der Waals surface area contributed by atoms with Gasteiger partial charge in [-0.15, -0.1) is 10.2 Å². The molecule has 4 rings (SSSR count). The lowest BCUT2D eigenvalue weighted by Crippen LogP contribution is -3.14. The number of pyridine rings is 1. The van der Waals surface area contributed by atoms with Gasteiger partial charge in [-0.05, 0) is 31.2 Å². The molecule has 1 fully saturated rings. The standard InChI is InChI=1S/C20H23N5OS/c1-16-4-6-18(7-5-16)25-19(17-3-2-8-21-15-17)22-23-20(25)27-14-11-24-9-12-26-13-10-24/h2-8,15H,9-14H2,1H3/p+1. The normalized spacial score (nSPS) is 15.1. The minimum atomic E-state index is 0.827. The molecule has 1 aromatic carbocycles. The van der Waals surface area contributed by atoms with Crippen LogP contribution in [0.4, 0.5) is 0 Å². The fraction of sp³-hybridized carbons (Fsp3) is 0.350. The fourth-order valence-electron chi connectivity index (χ4n) is 3.17. The summed E-state index contributed by atoms with van der Waals surface area (Å²) in [5, 5.41) is 9.89. The number of ether oxygens (including phenoxy) is 1. The first-order valence-electron chi connectivity index (χ1n) is 9.28. The maximum atomic E-state index is 5.44. The van der Waals surface area contributed by atoms with E-state index in [1.165, 1.54) is 5.56 Å². The van der Waals surface area contributed by atoms with Crippen molar-refractivity contribution in [3.05, 3.63) is 54.4 Å². The van der Waals surface area contributed by atoms with Crippen LogP contribution in [0.5, 0.6) is 0 Å². The Morgan fingerprint density at radius 1 is 1.11 bits per heavy atom. The number of nitrogens with one attached hydrogen (secondary N) is 1. The monoisotopic (exact) mass is 382 g/mol. The molecule has 1 aliphatic heterocycles. The zero-order valence-corrected chi connectivity index (χ0v) is 16.3. The number of benzene rings is 1. The largest absolute Gasteiger partial charge is 0.370 e. The van der Waals surface area contributed by atoms with Crippen molar-refractivity contribution < 1.29 is 9.64 Å². The number of morpholine rings is 1. The average molecular weight is 383 g/mol. The molecule has 1 saturated heterocycles. The van der Waals surface area contributed by atoms with Gasteiger partial charge in [0.1, 0.15) is 13.1 Å². The van der Waals surface area contributed by atoms with E-state index in [9.17, 15) is 0 Å². The van der Waals surface area contributed by atoms with E-state index >= 15 is 0 Å². The van der Waals surface area contributed by atoms with Crippen LogP contribution in [0.1, 0.15) is 5.56 Å². The first kappa shape index (κ1) is 18.2. The number of aromatic nitrogens is 4. The highest BCUT2D eigenvalue weighted by Crippen LogP contribution is 2.27. The first-order chi connectivity index (χ1) is 13.3. The van der Waals surface area contributed by atoms with Crippen LogP contribution >= 0.6 is 11.8 Å². The molecule has 0 atom stereocenters. The van der Waals surface area contributed by atoms with Crippen LogP contribution in [-0.4, -0.2) is 58.3 Å². The summed E-state index contributed by atoms with van der Waals surface area (Å²) < 4.78 is 7.58. The summed E-state index contributed by atoms with van der Waals surface area (Å²) in [6, 6.07) is 12.4. The summed E-state index contributed by atoms with van der Waals surface area (Å²) in [5.74, 6) is 1.83. The minimum absolute atomic E-state index is 0.827. The van der Waals surface area contributed by atoms with E-state index in [1.807, 2.05) is 18.3 Å². The number of rotatable bonds is 6. The Morgan fingerprint density at radius 2 is 1.93 bits per heavy atom. The zero-order valence-electron chi connectivity index (χ0n) is 15.5. The number of nitrogens with zero attached hydrogens (tertiary/aromatic N) is 4. The van der Waals surface area contributed by atoms with Gasteiger partial charge in [0.2, 0.25) is 0 Å². The summed E-state index contributed by atoms with van der Waals surface area (Å²) in [5.41, 5.74) is 3.28. The fourth-order valence-corrected chi connectivity index (χ4v) is 4.16. The van der Waals surface area contributed by atoms with E-state index in [-0.39, 0.29) is 0 Å². The minimum Gasteiger partial charge on any atom is -0.370 e. The van der Waals surface area contributed by atoms with Gasteiger partial charge in [0, 0.05) is 23.6 Å². The molecule has 0 aliphatic carbocycles. The van der Waals surface area contributed by atoms with E-state index in [2.05, 4.69) is 50.9 Å². The van der Waals surface area contributed by atoms with Gasteiger partial charge >= 0.3 is 0 Å². The Hall–Kier alpha value is -2.22. The SMILES string of the molecule is Cc1ccc(-n2c(SCC[NH+]3CCOCC3)nnc2-c2cccnc2)cc1. The lowest BCUT2D eigenvalue weighted by atomic mass is 10.2. The van der Waals surface area contributed by atoms with E-state index in [1.54, 1.807) is 22.9 Å². The summed E-state index contributed by atoms with van der Waals surface area (Å²) in [6.07, 6.45) is 3.61. The van der Waals surface area contributed by atoms with Crippen LogP contribution in [0.2, 0.25) is 0 Å². The molecule has 1 aliphatic rings. The third-order valence-corrected chi connectivity index (χ3v) is 5.66. The highest BCUT2D eigenvalue weighted by atomic mass is 32.2. The van der Waals surface area contributed by atoms with Crippen LogP contribution in [0.15, 0.2) is 53.9 Å². The van der Waals surface area contributed by atoms with Gasteiger partial charge in [-0.3, -0.25) is 9.55 Å². The maximum Gasteiger partial charge on any atom is 0.196 e. The number of aryl methyl sites for hydroxylation is 1. The van der Waals surface area contributed by atoms with Crippen molar-refractivity contribution in [2.45, 2.75) is 12.1 Å². The molecule has 140 valence electrons. The van der Waals surface area contributed by atoms with Crippen LogP contribution in [0.3, 0.4) is 0 Å². The lowest BCUT2D eigenvalue weighted by molar-refractivity contribution is -0.905. The zero-order chi connectivity index (χ0) is 18.5. The quantitative estimate of drug-likeness (QED) is 0.657. The van der Waals surface area contributed by atoms with Crippen LogP contribution in [-0.2, 0) is 4.74 Å². The third kappa shape index (κ3) is 4.37. The van der Waals surface area contributed by atoms with Crippen molar-refractivity contribution in [2.24, 2.45) is 0 Å². The van der Waals surface area contributed by atoms with Crippen molar-refractivity contribution in [3.63, 3.8) is 0 Å². The number of hydrogen-bond donors (Lipinski definition) is 1. The molecule has 6 nitrogen and oxygen atoms in total. The average Bonchev–Trinajstić information content (AvgIpc) is 3.14. The second-order valence-corrected chi connectivity index (χ2v) is 7.74. The van der Waals surface area contributed by atoms with Crippen molar-refractivity contribution in [1.29, 1.82) is 0 Å². The Kier molecular flexibility index (Phi) is 5.81. The van der Waals surface area contributed by atoms with Crippen LogP contribution < -0.4 is 4.90 Å². The van der Waals surface area contributed by atoms with Gasteiger partial charge in [-0.2, -0.15) is 0 Å². The Balaban J connectivity index is 1.59. The number of hydrogen-bond acceptors (Lipinski definition) is 5. The Labute approximate surface area is 163 Å². The molecule has 3 aromatic rings. The van der Waals surface area contributed by atoms with Crippen molar-refractivity contribution >= 4 is 11.8 Å². The highest BCUT2D eigenvalue weighted by molar-refractivity contribution is 7.99. The molecular weight excluding hydrogens is 358 g/mol. The van der Waals surface area contributed by atoms with E-state index in [4.69, 9.17) is 4.74 Å². The van der Waals surface area contributed by atoms with Crippen LogP contribution in [0, 0.1) is 6.92 Å². The second kappa shape index (κ2) is 8.65. The molecule has 0 saturated carbocycles. The van der Waals surface area contributed by atoms with Crippen molar-refractivity contribution in [3.8, 4) is 17.1 Å². The molecule has 0 bridgehead atoms. The Morgan fingerprint density at radius 3 is 2.67 bits per heavy atom. The summed E-state index contributed by atoms with van der Waals surface area (Å²) in [4.78, 5) is 5.84. The van der Waals surface area contributed by atoms with Crippen LogP contribution in [0.25, 0.3) is 17.1 Å². The predicted octanol–water partition coefficient (Wildman–Crippen LogP) is 1.64. The second-order valence-electron chi connectivity index (χ2n) is 6.68. The lowest BCUT2D eigenvalue weighted by Gasteiger charge is -2.23. The molecule has 3 heterocycles. The van der Waals surface area contributed by atoms with Gasteiger partial charge in [-0.1, -0.05) is 29.5 Å². The summed E-state index contributed by atoms with van der Waals surface area (Å²) >= 11 is 1.76. The number of thioether (sulfide) groups is 1. The molecule has 7 heteroatoms. The van der Waals surface area contributed by atoms with Crippen molar-refractivity contribution in [1.82, 2.24) is 19.7 Å². The molecule has 0 unspecified atom stereocenters. The van der Waals surface area contributed by atoms with E-state index in [0.717, 1.165) is 60.8 Å². The molecule has 0 spiro atoms. The molecule has 1 N–H and O–H groups in total. The predicted molar refractivity (Wildman–Crippen MR) is 106 cm³/mol. The maximum absolute atomic E-state index is 5.44. The highest BCUT2D eigenvalue weighted by Gasteiger charge is 2.18. The smallest absolute Gasteiger partial charge is 0.196 e. The molecular formula is C20H24N5OS+. The van der Waals surface area contributed by atoms with E-state index in [0.29, 0.717) is 0 Å². The van der Waals surface area contributed by atoms with Gasteiger partial charge in [0.25, 0.3) is 0 Å². The van der Waals surface area contributed by atoms with Gasteiger partial charge in [-0.25, -0.2) is 0 Å². The molecule has 0 radical (unpaired) electrons.